The summed E-state index contributed by atoms with van der Waals surface area (Å²) in [7, 11) is 0. The van der Waals surface area contributed by atoms with E-state index in [1.807, 2.05) is 6.92 Å². The first kappa shape index (κ1) is 12.9. The van der Waals surface area contributed by atoms with Gasteiger partial charge in [-0.2, -0.15) is 0 Å². The molecule has 1 aliphatic heterocycles. The molecule has 5 heteroatoms. The van der Waals surface area contributed by atoms with E-state index in [0.29, 0.717) is 26.1 Å². The molecule has 4 N–H and O–H groups in total. The van der Waals surface area contributed by atoms with Gasteiger partial charge in [0, 0.05) is 19.6 Å². The average Bonchev–Trinajstić information content (AvgIpc) is 2.14. The van der Waals surface area contributed by atoms with Crippen molar-refractivity contribution in [3.8, 4) is 0 Å². The summed E-state index contributed by atoms with van der Waals surface area (Å²) in [6.45, 7) is 3.04. The standard InChI is InChI=1S/C10H21NO4/c1-2-3-7(12)4-11-5-8(13)10(15)9(14)6-11/h7-10,12-15H,2-6H2,1H3. The van der Waals surface area contributed by atoms with Crippen LogP contribution >= 0.6 is 0 Å². The van der Waals surface area contributed by atoms with Crippen molar-refractivity contribution < 1.29 is 20.4 Å². The Kier molecular flexibility index (Phi) is 4.95. The second-order valence-corrected chi connectivity index (χ2v) is 4.29. The van der Waals surface area contributed by atoms with Crippen LogP contribution < -0.4 is 0 Å². The molecule has 5 nitrogen and oxygen atoms in total. The van der Waals surface area contributed by atoms with Crippen LogP contribution in [0.4, 0.5) is 0 Å². The largest absolute Gasteiger partial charge is 0.392 e. The number of rotatable bonds is 4. The van der Waals surface area contributed by atoms with E-state index in [0.717, 1.165) is 6.42 Å². The van der Waals surface area contributed by atoms with Crippen molar-refractivity contribution in [1.82, 2.24) is 4.90 Å². The number of aliphatic hydroxyl groups is 4. The Morgan fingerprint density at radius 2 is 1.73 bits per heavy atom. The molecule has 1 rings (SSSR count). The monoisotopic (exact) mass is 219 g/mol. The maximum absolute atomic E-state index is 9.57. The van der Waals surface area contributed by atoms with Crippen LogP contribution in [0.5, 0.6) is 0 Å². The number of piperidine rings is 1. The molecule has 0 aliphatic carbocycles. The molecule has 15 heavy (non-hydrogen) atoms. The SMILES string of the molecule is CCCC(O)CN1CC(O)C(O)C(O)C1. The molecule has 0 aromatic carbocycles. The van der Waals surface area contributed by atoms with Gasteiger partial charge in [-0.3, -0.25) is 4.90 Å². The zero-order valence-corrected chi connectivity index (χ0v) is 9.08. The normalized spacial score (nSPS) is 35.4. The van der Waals surface area contributed by atoms with Crippen molar-refractivity contribution in [1.29, 1.82) is 0 Å². The van der Waals surface area contributed by atoms with Gasteiger partial charge < -0.3 is 20.4 Å². The minimum absolute atomic E-state index is 0.305. The molecule has 0 radical (unpaired) electrons. The van der Waals surface area contributed by atoms with Crippen LogP contribution in [0.15, 0.2) is 0 Å². The summed E-state index contributed by atoms with van der Waals surface area (Å²) in [4.78, 5) is 1.78. The Bertz CT molecular complexity index is 178. The molecule has 3 atom stereocenters. The lowest BCUT2D eigenvalue weighted by atomic mass is 10.0. The molecule has 0 aromatic heterocycles. The molecule has 0 aromatic rings. The van der Waals surface area contributed by atoms with Crippen LogP contribution in [-0.4, -0.2) is 69.4 Å². The van der Waals surface area contributed by atoms with E-state index >= 15 is 0 Å². The van der Waals surface area contributed by atoms with Crippen molar-refractivity contribution in [3.63, 3.8) is 0 Å². The summed E-state index contributed by atoms with van der Waals surface area (Å²) in [5, 5.41) is 37.7. The molecule has 90 valence electrons. The lowest BCUT2D eigenvalue weighted by molar-refractivity contribution is -0.114. The molecule has 1 aliphatic rings. The van der Waals surface area contributed by atoms with E-state index in [1.165, 1.54) is 0 Å². The summed E-state index contributed by atoms with van der Waals surface area (Å²) in [6, 6.07) is 0. The number of hydrogen-bond acceptors (Lipinski definition) is 5. The topological polar surface area (TPSA) is 84.2 Å². The highest BCUT2D eigenvalue weighted by atomic mass is 16.4. The Balaban J connectivity index is 2.37. The first-order chi connectivity index (χ1) is 7.04. The number of hydrogen-bond donors (Lipinski definition) is 4. The van der Waals surface area contributed by atoms with E-state index < -0.39 is 24.4 Å². The summed E-state index contributed by atoms with van der Waals surface area (Å²) in [6.07, 6.45) is -1.73. The van der Waals surface area contributed by atoms with Gasteiger partial charge in [0.15, 0.2) is 0 Å². The van der Waals surface area contributed by atoms with Crippen molar-refractivity contribution in [3.05, 3.63) is 0 Å². The second-order valence-electron chi connectivity index (χ2n) is 4.29. The van der Waals surface area contributed by atoms with Crippen molar-refractivity contribution >= 4 is 0 Å². The third-order valence-electron chi connectivity index (χ3n) is 2.77. The number of likely N-dealkylation sites (tertiary alicyclic amines) is 1. The van der Waals surface area contributed by atoms with Crippen LogP contribution in [0.3, 0.4) is 0 Å². The molecule has 0 spiro atoms. The van der Waals surface area contributed by atoms with Gasteiger partial charge in [0.05, 0.1) is 18.3 Å². The van der Waals surface area contributed by atoms with Gasteiger partial charge in [-0.15, -0.1) is 0 Å². The highest BCUT2D eigenvalue weighted by Crippen LogP contribution is 2.13. The van der Waals surface area contributed by atoms with Gasteiger partial charge >= 0.3 is 0 Å². The zero-order chi connectivity index (χ0) is 11.4. The zero-order valence-electron chi connectivity index (χ0n) is 9.08. The minimum Gasteiger partial charge on any atom is -0.392 e. The fraction of sp³-hybridized carbons (Fsp3) is 1.00. The molecule has 0 amide bonds. The van der Waals surface area contributed by atoms with E-state index in [4.69, 9.17) is 0 Å². The van der Waals surface area contributed by atoms with Gasteiger partial charge in [-0.25, -0.2) is 0 Å². The molecular weight excluding hydrogens is 198 g/mol. The maximum Gasteiger partial charge on any atom is 0.108 e. The molecule has 0 bridgehead atoms. The van der Waals surface area contributed by atoms with Crippen LogP contribution in [0.25, 0.3) is 0 Å². The number of aliphatic hydroxyl groups excluding tert-OH is 4. The highest BCUT2D eigenvalue weighted by molar-refractivity contribution is 4.86. The van der Waals surface area contributed by atoms with Gasteiger partial charge in [0.25, 0.3) is 0 Å². The van der Waals surface area contributed by atoms with Crippen LogP contribution in [-0.2, 0) is 0 Å². The van der Waals surface area contributed by atoms with Gasteiger partial charge in [0.1, 0.15) is 6.10 Å². The number of nitrogens with zero attached hydrogens (tertiary/aromatic N) is 1. The van der Waals surface area contributed by atoms with Crippen LogP contribution in [0.2, 0.25) is 0 Å². The summed E-state index contributed by atoms with van der Waals surface area (Å²) < 4.78 is 0. The lowest BCUT2D eigenvalue weighted by Gasteiger charge is -2.37. The highest BCUT2D eigenvalue weighted by Gasteiger charge is 2.33. The molecule has 3 unspecified atom stereocenters. The van der Waals surface area contributed by atoms with Crippen molar-refractivity contribution in [2.45, 2.75) is 44.2 Å². The first-order valence-corrected chi connectivity index (χ1v) is 5.49. The third kappa shape index (κ3) is 3.70. The lowest BCUT2D eigenvalue weighted by Crippen LogP contribution is -2.56. The van der Waals surface area contributed by atoms with Gasteiger partial charge in [-0.1, -0.05) is 13.3 Å². The fourth-order valence-corrected chi connectivity index (χ4v) is 1.95. The fourth-order valence-electron chi connectivity index (χ4n) is 1.95. The third-order valence-corrected chi connectivity index (χ3v) is 2.77. The van der Waals surface area contributed by atoms with E-state index in [-0.39, 0.29) is 0 Å². The Morgan fingerprint density at radius 3 is 2.20 bits per heavy atom. The van der Waals surface area contributed by atoms with Crippen LogP contribution in [0.1, 0.15) is 19.8 Å². The Morgan fingerprint density at radius 1 is 1.20 bits per heavy atom. The summed E-state index contributed by atoms with van der Waals surface area (Å²) in [5.74, 6) is 0. The van der Waals surface area contributed by atoms with Crippen LogP contribution in [0, 0.1) is 0 Å². The molecular formula is C10H21NO4. The predicted octanol–water partition coefficient (Wildman–Crippen LogP) is -1.45. The summed E-state index contributed by atoms with van der Waals surface area (Å²) >= 11 is 0. The molecule has 1 fully saturated rings. The Labute approximate surface area is 90.0 Å². The van der Waals surface area contributed by atoms with Gasteiger partial charge in [-0.05, 0) is 6.42 Å². The van der Waals surface area contributed by atoms with E-state index in [2.05, 4.69) is 0 Å². The minimum atomic E-state index is -1.07. The van der Waals surface area contributed by atoms with E-state index in [9.17, 15) is 20.4 Å². The average molecular weight is 219 g/mol. The van der Waals surface area contributed by atoms with Crippen molar-refractivity contribution in [2.75, 3.05) is 19.6 Å². The maximum atomic E-state index is 9.57. The Hall–Kier alpha value is -0.200. The number of β-amino-alcohol motifs (C(OH)–C–C–N with tert-alkyl or cyclic N) is 3. The van der Waals surface area contributed by atoms with Gasteiger partial charge in [0.2, 0.25) is 0 Å². The molecule has 1 heterocycles. The summed E-state index contributed by atoms with van der Waals surface area (Å²) in [5.41, 5.74) is 0. The molecule has 1 saturated heterocycles. The quantitative estimate of drug-likeness (QED) is 0.465. The predicted molar refractivity (Wildman–Crippen MR) is 55.4 cm³/mol. The molecule has 0 saturated carbocycles. The second kappa shape index (κ2) is 5.77. The first-order valence-electron chi connectivity index (χ1n) is 5.49. The smallest absolute Gasteiger partial charge is 0.108 e. The van der Waals surface area contributed by atoms with E-state index in [1.54, 1.807) is 4.90 Å². The van der Waals surface area contributed by atoms with Crippen molar-refractivity contribution in [2.24, 2.45) is 0 Å².